The number of anilines is 1. The number of benzene rings is 2. The first kappa shape index (κ1) is 16.1. The Morgan fingerprint density at radius 1 is 0.962 bits per heavy atom. The molecule has 0 spiro atoms. The Kier molecular flexibility index (Phi) is 4.01. The molecule has 0 aliphatic heterocycles. The number of hydrogen-bond acceptors (Lipinski definition) is 2. The second-order valence-corrected chi connectivity index (χ2v) is 6.38. The van der Waals surface area contributed by atoms with Crippen LogP contribution >= 0.6 is 0 Å². The van der Waals surface area contributed by atoms with Crippen molar-refractivity contribution in [1.29, 1.82) is 0 Å². The summed E-state index contributed by atoms with van der Waals surface area (Å²) in [5, 5.41) is 3.07. The highest BCUT2D eigenvalue weighted by molar-refractivity contribution is 6.06. The van der Waals surface area contributed by atoms with Crippen LogP contribution in [0.4, 0.5) is 5.82 Å². The summed E-state index contributed by atoms with van der Waals surface area (Å²) in [6.07, 6.45) is 1.94. The Morgan fingerprint density at radius 2 is 1.69 bits per heavy atom. The lowest BCUT2D eigenvalue weighted by Crippen LogP contribution is -2.15. The van der Waals surface area contributed by atoms with Crippen molar-refractivity contribution in [1.82, 2.24) is 9.38 Å². The van der Waals surface area contributed by atoms with Crippen LogP contribution in [0.3, 0.4) is 0 Å². The third-order valence-electron chi connectivity index (χ3n) is 4.45. The minimum Gasteiger partial charge on any atom is -0.306 e. The molecular weight excluding hydrogens is 322 g/mol. The number of carbonyl (C=O) groups is 1. The van der Waals surface area contributed by atoms with E-state index in [1.54, 1.807) is 0 Å². The Labute approximate surface area is 152 Å². The van der Waals surface area contributed by atoms with E-state index in [1.165, 1.54) is 0 Å². The van der Waals surface area contributed by atoms with E-state index in [2.05, 4.69) is 5.32 Å². The van der Waals surface area contributed by atoms with E-state index < -0.39 is 0 Å². The van der Waals surface area contributed by atoms with E-state index in [0.29, 0.717) is 11.4 Å². The van der Waals surface area contributed by atoms with Crippen molar-refractivity contribution in [3.05, 3.63) is 89.6 Å². The predicted octanol–water partition coefficient (Wildman–Crippen LogP) is 4.87. The van der Waals surface area contributed by atoms with Crippen molar-refractivity contribution >= 4 is 17.4 Å². The average molecular weight is 341 g/mol. The molecule has 0 saturated carbocycles. The van der Waals surface area contributed by atoms with Gasteiger partial charge < -0.3 is 5.32 Å². The van der Waals surface area contributed by atoms with Crippen LogP contribution in [0.15, 0.2) is 72.9 Å². The molecule has 1 amide bonds. The van der Waals surface area contributed by atoms with Crippen molar-refractivity contribution in [2.45, 2.75) is 13.8 Å². The summed E-state index contributed by atoms with van der Waals surface area (Å²) in [6, 6.07) is 21.5. The topological polar surface area (TPSA) is 46.4 Å². The van der Waals surface area contributed by atoms with Crippen LogP contribution in [0, 0.1) is 13.8 Å². The number of nitrogens with one attached hydrogen (secondary N) is 1. The first-order valence-corrected chi connectivity index (χ1v) is 8.54. The summed E-state index contributed by atoms with van der Waals surface area (Å²) in [6.45, 7) is 3.97. The minimum atomic E-state index is -0.136. The van der Waals surface area contributed by atoms with E-state index >= 15 is 0 Å². The number of hydrogen-bond donors (Lipinski definition) is 1. The molecule has 4 heteroatoms. The van der Waals surface area contributed by atoms with Gasteiger partial charge in [0.15, 0.2) is 0 Å². The molecule has 2 heterocycles. The smallest absolute Gasteiger partial charge is 0.257 e. The molecule has 0 aliphatic carbocycles. The quantitative estimate of drug-likeness (QED) is 0.578. The van der Waals surface area contributed by atoms with E-state index in [1.807, 2.05) is 91.2 Å². The van der Waals surface area contributed by atoms with Crippen molar-refractivity contribution in [2.75, 3.05) is 5.32 Å². The second-order valence-electron chi connectivity index (χ2n) is 6.38. The first-order valence-electron chi connectivity index (χ1n) is 8.54. The summed E-state index contributed by atoms with van der Waals surface area (Å²) in [5.41, 5.74) is 5.26. The summed E-state index contributed by atoms with van der Waals surface area (Å²) >= 11 is 0. The third kappa shape index (κ3) is 2.86. The number of imidazole rings is 1. The monoisotopic (exact) mass is 341 g/mol. The summed E-state index contributed by atoms with van der Waals surface area (Å²) in [5.74, 6) is 0.544. The zero-order chi connectivity index (χ0) is 18.1. The molecule has 4 rings (SSSR count). The molecule has 128 valence electrons. The molecule has 0 fully saturated rings. The first-order chi connectivity index (χ1) is 12.6. The largest absolute Gasteiger partial charge is 0.306 e. The lowest BCUT2D eigenvalue weighted by Gasteiger charge is -2.09. The molecule has 0 radical (unpaired) electrons. The van der Waals surface area contributed by atoms with Crippen LogP contribution in [0.25, 0.3) is 16.9 Å². The number of rotatable bonds is 3. The SMILES string of the molecule is Cc1ccn2c(NC(=O)c3ccccc3C)c(-c3ccccc3)nc2c1. The lowest BCUT2D eigenvalue weighted by atomic mass is 10.1. The van der Waals surface area contributed by atoms with Gasteiger partial charge in [0.25, 0.3) is 5.91 Å². The van der Waals surface area contributed by atoms with Gasteiger partial charge in [0.05, 0.1) is 0 Å². The van der Waals surface area contributed by atoms with E-state index in [-0.39, 0.29) is 5.91 Å². The lowest BCUT2D eigenvalue weighted by molar-refractivity contribution is 0.102. The Balaban J connectivity index is 1.85. The summed E-state index contributed by atoms with van der Waals surface area (Å²) in [4.78, 5) is 17.6. The summed E-state index contributed by atoms with van der Waals surface area (Å²) in [7, 11) is 0. The Morgan fingerprint density at radius 3 is 2.46 bits per heavy atom. The van der Waals surface area contributed by atoms with Gasteiger partial charge in [-0.2, -0.15) is 0 Å². The standard InChI is InChI=1S/C22H19N3O/c1-15-12-13-25-19(14-15)23-20(17-9-4-3-5-10-17)21(25)24-22(26)18-11-7-6-8-16(18)2/h3-14H,1-2H3,(H,24,26). The van der Waals surface area contributed by atoms with Crippen LogP contribution in [-0.4, -0.2) is 15.3 Å². The van der Waals surface area contributed by atoms with Crippen molar-refractivity contribution in [3.63, 3.8) is 0 Å². The van der Waals surface area contributed by atoms with Crippen LogP contribution in [0.5, 0.6) is 0 Å². The van der Waals surface area contributed by atoms with Gasteiger partial charge >= 0.3 is 0 Å². The second kappa shape index (κ2) is 6.48. The number of fused-ring (bicyclic) bond motifs is 1. The van der Waals surface area contributed by atoms with E-state index in [9.17, 15) is 4.79 Å². The molecule has 26 heavy (non-hydrogen) atoms. The van der Waals surface area contributed by atoms with Gasteiger partial charge in [-0.05, 0) is 43.2 Å². The summed E-state index contributed by atoms with van der Waals surface area (Å²) < 4.78 is 1.92. The van der Waals surface area contributed by atoms with E-state index in [4.69, 9.17) is 4.98 Å². The normalized spacial score (nSPS) is 10.8. The highest BCUT2D eigenvalue weighted by Gasteiger charge is 2.18. The van der Waals surface area contributed by atoms with Gasteiger partial charge in [-0.3, -0.25) is 9.20 Å². The molecule has 0 saturated heterocycles. The van der Waals surface area contributed by atoms with Crippen LogP contribution in [-0.2, 0) is 0 Å². The van der Waals surface area contributed by atoms with Crippen molar-refractivity contribution in [3.8, 4) is 11.3 Å². The van der Waals surface area contributed by atoms with Gasteiger partial charge in [0.2, 0.25) is 0 Å². The molecular formula is C22H19N3O. The highest BCUT2D eigenvalue weighted by atomic mass is 16.1. The number of aromatic nitrogens is 2. The van der Waals surface area contributed by atoms with Gasteiger partial charge in [-0.25, -0.2) is 4.98 Å². The molecule has 2 aromatic heterocycles. The number of pyridine rings is 1. The molecule has 4 nitrogen and oxygen atoms in total. The zero-order valence-electron chi connectivity index (χ0n) is 14.7. The van der Waals surface area contributed by atoms with Gasteiger partial charge in [-0.15, -0.1) is 0 Å². The minimum absolute atomic E-state index is 0.136. The fourth-order valence-corrected chi connectivity index (χ4v) is 3.07. The molecule has 0 unspecified atom stereocenters. The van der Waals surface area contributed by atoms with Gasteiger partial charge in [-0.1, -0.05) is 48.5 Å². The molecule has 1 N–H and O–H groups in total. The van der Waals surface area contributed by atoms with Gasteiger partial charge in [0.1, 0.15) is 17.2 Å². The highest BCUT2D eigenvalue weighted by Crippen LogP contribution is 2.29. The van der Waals surface area contributed by atoms with Crippen LogP contribution in [0.1, 0.15) is 21.5 Å². The van der Waals surface area contributed by atoms with Crippen molar-refractivity contribution < 1.29 is 4.79 Å². The predicted molar refractivity (Wildman–Crippen MR) is 104 cm³/mol. The average Bonchev–Trinajstić information content (AvgIpc) is 3.00. The molecule has 0 atom stereocenters. The van der Waals surface area contributed by atoms with Gasteiger partial charge in [0, 0.05) is 17.3 Å². The number of nitrogens with zero attached hydrogens (tertiary/aromatic N) is 2. The number of amides is 1. The number of aryl methyl sites for hydroxylation is 2. The molecule has 0 aliphatic rings. The Bertz CT molecular complexity index is 1100. The maximum absolute atomic E-state index is 12.9. The third-order valence-corrected chi connectivity index (χ3v) is 4.45. The van der Waals surface area contributed by atoms with Crippen LogP contribution in [0.2, 0.25) is 0 Å². The van der Waals surface area contributed by atoms with E-state index in [0.717, 1.165) is 28.0 Å². The fraction of sp³-hybridized carbons (Fsp3) is 0.0909. The number of carbonyl (C=O) groups excluding carboxylic acids is 1. The molecule has 0 bridgehead atoms. The Hall–Kier alpha value is -3.40. The molecule has 4 aromatic rings. The molecule has 2 aromatic carbocycles. The zero-order valence-corrected chi connectivity index (χ0v) is 14.7. The maximum Gasteiger partial charge on any atom is 0.257 e. The van der Waals surface area contributed by atoms with Crippen LogP contribution < -0.4 is 5.32 Å². The maximum atomic E-state index is 12.9. The van der Waals surface area contributed by atoms with Crippen molar-refractivity contribution in [2.24, 2.45) is 0 Å². The fourth-order valence-electron chi connectivity index (χ4n) is 3.07.